The van der Waals surface area contributed by atoms with E-state index in [1.807, 2.05) is 79.9 Å². The van der Waals surface area contributed by atoms with Crippen molar-refractivity contribution in [3.05, 3.63) is 90.3 Å². The number of ether oxygens (including phenoxy) is 1. The van der Waals surface area contributed by atoms with Crippen LogP contribution in [0.2, 0.25) is 0 Å². The van der Waals surface area contributed by atoms with Crippen LogP contribution in [-0.2, 0) is 20.4 Å². The van der Waals surface area contributed by atoms with Gasteiger partial charge in [-0.1, -0.05) is 60.7 Å². The minimum absolute atomic E-state index is 0.168. The number of carbonyl (C=O) groups excluding carboxylic acids is 1. The summed E-state index contributed by atoms with van der Waals surface area (Å²) in [5, 5.41) is 0. The number of hydrogen-bond acceptors (Lipinski definition) is 5. The summed E-state index contributed by atoms with van der Waals surface area (Å²) in [6.07, 6.45) is 5.21. The number of nitrogens with one attached hydrogen (secondary N) is 1. The van der Waals surface area contributed by atoms with Gasteiger partial charge in [-0.2, -0.15) is 0 Å². The number of nitrogens with zero attached hydrogens (tertiary/aromatic N) is 2. The minimum atomic E-state index is -3.34. The standard InChI is InChI=1S/C26H29N3O4S/c1-20(21-10-12-22(13-11-21)23-7-6-16-27-19-23)29-18-15-26(33-25(29)30,14-17-28-34(2,31)32)24-8-4-3-5-9-24/h3-13,16,19-20,28H,14-15,17-18H2,1-2H3. The Morgan fingerprint density at radius 2 is 1.79 bits per heavy atom. The van der Waals surface area contributed by atoms with Crippen LogP contribution in [0.15, 0.2) is 79.1 Å². The second kappa shape index (κ2) is 9.95. The van der Waals surface area contributed by atoms with E-state index in [2.05, 4.69) is 9.71 Å². The van der Waals surface area contributed by atoms with Crippen LogP contribution in [0.3, 0.4) is 0 Å². The van der Waals surface area contributed by atoms with Crippen LogP contribution < -0.4 is 4.72 Å². The quantitative estimate of drug-likeness (QED) is 0.514. The highest BCUT2D eigenvalue weighted by atomic mass is 32.2. The van der Waals surface area contributed by atoms with Gasteiger partial charge in [0.15, 0.2) is 0 Å². The molecule has 1 N–H and O–H groups in total. The highest BCUT2D eigenvalue weighted by Gasteiger charge is 2.43. The number of aromatic nitrogens is 1. The number of amides is 1. The summed E-state index contributed by atoms with van der Waals surface area (Å²) in [5.41, 5.74) is 3.10. The number of sulfonamides is 1. The fourth-order valence-corrected chi connectivity index (χ4v) is 4.87. The molecular weight excluding hydrogens is 450 g/mol. The van der Waals surface area contributed by atoms with Gasteiger partial charge in [-0.3, -0.25) is 4.98 Å². The lowest BCUT2D eigenvalue weighted by Crippen LogP contribution is -2.49. The Balaban J connectivity index is 1.50. The number of benzene rings is 2. The molecule has 1 fully saturated rings. The fourth-order valence-electron chi connectivity index (χ4n) is 4.39. The first-order valence-electron chi connectivity index (χ1n) is 11.3. The summed E-state index contributed by atoms with van der Waals surface area (Å²) in [6.45, 7) is 2.67. The molecule has 7 nitrogen and oxygen atoms in total. The van der Waals surface area contributed by atoms with Crippen LogP contribution in [0.5, 0.6) is 0 Å². The van der Waals surface area contributed by atoms with Crippen LogP contribution in [0.1, 0.15) is 36.9 Å². The Hall–Kier alpha value is -3.23. The van der Waals surface area contributed by atoms with E-state index >= 15 is 0 Å². The van der Waals surface area contributed by atoms with E-state index < -0.39 is 21.7 Å². The third kappa shape index (κ3) is 5.46. The van der Waals surface area contributed by atoms with Crippen LogP contribution in [0.4, 0.5) is 4.79 Å². The third-order valence-corrected chi connectivity index (χ3v) is 7.05. The van der Waals surface area contributed by atoms with E-state index in [1.54, 1.807) is 11.1 Å². The van der Waals surface area contributed by atoms with Crippen molar-refractivity contribution in [3.63, 3.8) is 0 Å². The lowest BCUT2D eigenvalue weighted by atomic mass is 9.85. The number of cyclic esters (lactones) is 1. The molecule has 1 aliphatic heterocycles. The molecule has 178 valence electrons. The maximum Gasteiger partial charge on any atom is 0.411 e. The van der Waals surface area contributed by atoms with Crippen molar-refractivity contribution in [2.75, 3.05) is 19.3 Å². The van der Waals surface area contributed by atoms with E-state index in [4.69, 9.17) is 4.74 Å². The molecule has 1 amide bonds. The lowest BCUT2D eigenvalue weighted by molar-refractivity contribution is -0.0644. The average molecular weight is 480 g/mol. The second-order valence-electron chi connectivity index (χ2n) is 8.63. The summed E-state index contributed by atoms with van der Waals surface area (Å²) in [7, 11) is -3.34. The SMILES string of the molecule is CC(c1ccc(-c2cccnc2)cc1)N1CCC(CCNS(C)(=O)=O)(c2ccccc2)OC1=O. The van der Waals surface area contributed by atoms with E-state index in [1.165, 1.54) is 0 Å². The first-order chi connectivity index (χ1) is 16.3. The second-order valence-corrected chi connectivity index (χ2v) is 10.5. The summed E-state index contributed by atoms with van der Waals surface area (Å²) in [4.78, 5) is 19.1. The Morgan fingerprint density at radius 3 is 2.41 bits per heavy atom. The zero-order valence-corrected chi connectivity index (χ0v) is 20.2. The van der Waals surface area contributed by atoms with Crippen molar-refractivity contribution >= 4 is 16.1 Å². The largest absolute Gasteiger partial charge is 0.438 e. The molecule has 4 rings (SSSR count). The van der Waals surface area contributed by atoms with Crippen molar-refractivity contribution < 1.29 is 17.9 Å². The molecule has 1 saturated heterocycles. The van der Waals surface area contributed by atoms with E-state index in [0.29, 0.717) is 19.4 Å². The van der Waals surface area contributed by atoms with Gasteiger partial charge in [-0.25, -0.2) is 17.9 Å². The molecule has 2 aromatic carbocycles. The molecule has 0 saturated carbocycles. The molecule has 2 heterocycles. The van der Waals surface area contributed by atoms with Crippen molar-refractivity contribution in [2.24, 2.45) is 0 Å². The van der Waals surface area contributed by atoms with Gasteiger partial charge in [-0.05, 0) is 35.2 Å². The van der Waals surface area contributed by atoms with Gasteiger partial charge in [-0.15, -0.1) is 0 Å². The van der Waals surface area contributed by atoms with E-state index in [9.17, 15) is 13.2 Å². The Labute approximate surface area is 200 Å². The topological polar surface area (TPSA) is 88.6 Å². The van der Waals surface area contributed by atoms with Crippen LogP contribution in [0, 0.1) is 0 Å². The highest BCUT2D eigenvalue weighted by molar-refractivity contribution is 7.88. The Kier molecular flexibility index (Phi) is 7.00. The van der Waals surface area contributed by atoms with Crippen LogP contribution in [0.25, 0.3) is 11.1 Å². The Morgan fingerprint density at radius 1 is 1.06 bits per heavy atom. The van der Waals surface area contributed by atoms with Crippen LogP contribution in [-0.4, -0.2) is 43.7 Å². The fraction of sp³-hybridized carbons (Fsp3) is 0.308. The van der Waals surface area contributed by atoms with Gasteiger partial charge >= 0.3 is 6.09 Å². The third-order valence-electron chi connectivity index (χ3n) is 6.32. The lowest BCUT2D eigenvalue weighted by Gasteiger charge is -2.43. The van der Waals surface area contributed by atoms with Crippen molar-refractivity contribution in [3.8, 4) is 11.1 Å². The predicted octanol–water partition coefficient (Wildman–Crippen LogP) is 4.49. The smallest absolute Gasteiger partial charge is 0.411 e. The number of rotatable bonds is 8. The predicted molar refractivity (Wildman–Crippen MR) is 131 cm³/mol. The molecule has 1 aromatic heterocycles. The van der Waals surface area contributed by atoms with Gasteiger partial charge < -0.3 is 9.64 Å². The maximum atomic E-state index is 13.2. The molecule has 0 aliphatic carbocycles. The molecule has 0 bridgehead atoms. The summed E-state index contributed by atoms with van der Waals surface area (Å²) in [6, 6.07) is 21.4. The molecule has 0 radical (unpaired) electrons. The van der Waals surface area contributed by atoms with Crippen LogP contribution >= 0.6 is 0 Å². The number of hydrogen-bond donors (Lipinski definition) is 1. The highest BCUT2D eigenvalue weighted by Crippen LogP contribution is 2.39. The van der Waals surface area contributed by atoms with Crippen molar-refractivity contribution in [1.82, 2.24) is 14.6 Å². The zero-order valence-electron chi connectivity index (χ0n) is 19.3. The van der Waals surface area contributed by atoms with Gasteiger partial charge in [0.05, 0.1) is 12.3 Å². The number of carbonyl (C=O) groups is 1. The first-order valence-corrected chi connectivity index (χ1v) is 13.2. The Bertz CT molecular complexity index is 1220. The average Bonchev–Trinajstić information content (AvgIpc) is 2.84. The summed E-state index contributed by atoms with van der Waals surface area (Å²) in [5.74, 6) is 0. The first kappa shape index (κ1) is 23.9. The molecule has 1 aliphatic rings. The zero-order chi connectivity index (χ0) is 24.2. The van der Waals surface area contributed by atoms with Gasteiger partial charge in [0.2, 0.25) is 10.0 Å². The molecule has 2 unspecified atom stereocenters. The maximum absolute atomic E-state index is 13.2. The molecule has 2 atom stereocenters. The van der Waals surface area contributed by atoms with Crippen molar-refractivity contribution in [1.29, 1.82) is 0 Å². The molecule has 0 spiro atoms. The molecule has 8 heteroatoms. The molecule has 34 heavy (non-hydrogen) atoms. The molecule has 3 aromatic rings. The van der Waals surface area contributed by atoms with Gasteiger partial charge in [0.1, 0.15) is 5.60 Å². The minimum Gasteiger partial charge on any atom is -0.438 e. The summed E-state index contributed by atoms with van der Waals surface area (Å²) >= 11 is 0. The summed E-state index contributed by atoms with van der Waals surface area (Å²) < 4.78 is 31.7. The number of pyridine rings is 1. The van der Waals surface area contributed by atoms with E-state index in [0.717, 1.165) is 28.5 Å². The van der Waals surface area contributed by atoms with Gasteiger partial charge in [0, 0.05) is 38.3 Å². The monoisotopic (exact) mass is 479 g/mol. The molecular formula is C26H29N3O4S. The van der Waals surface area contributed by atoms with Crippen molar-refractivity contribution in [2.45, 2.75) is 31.4 Å². The van der Waals surface area contributed by atoms with Gasteiger partial charge in [0.25, 0.3) is 0 Å². The normalized spacial score (nSPS) is 19.5. The van der Waals surface area contributed by atoms with E-state index in [-0.39, 0.29) is 12.6 Å².